The quantitative estimate of drug-likeness (QED) is 0.411. The summed E-state index contributed by atoms with van der Waals surface area (Å²) in [6, 6.07) is 13.0. The summed E-state index contributed by atoms with van der Waals surface area (Å²) >= 11 is 0. The molecule has 138 valence electrons. The molecule has 0 atom stereocenters. The Morgan fingerprint density at radius 2 is 1.96 bits per heavy atom. The molecule has 2 aromatic carbocycles. The zero-order valence-electron chi connectivity index (χ0n) is 14.9. The molecule has 0 amide bonds. The van der Waals surface area contributed by atoms with Crippen molar-refractivity contribution < 1.29 is 14.5 Å². The minimum Gasteiger partial charge on any atom is -0.497 e. The predicted molar refractivity (Wildman–Crippen MR) is 98.7 cm³/mol. The fourth-order valence-corrected chi connectivity index (χ4v) is 2.81. The molecule has 0 spiro atoms. The number of hydrogen-bond donors (Lipinski definition) is 1. The number of carbonyl (C=O) groups excluding carboxylic acids is 1. The molecule has 1 aromatic heterocycles. The molecule has 0 aliphatic rings. The van der Waals surface area contributed by atoms with Crippen molar-refractivity contribution in [2.75, 3.05) is 7.11 Å². The second-order valence-corrected chi connectivity index (χ2v) is 5.99. The highest BCUT2D eigenvalue weighted by molar-refractivity contribution is 5.96. The number of Topliss-reactive ketones (excluding diaryl/α,β-unsaturated/α-hetero) is 1. The predicted octanol–water partition coefficient (Wildman–Crippen LogP) is 2.77. The van der Waals surface area contributed by atoms with E-state index in [9.17, 15) is 14.9 Å². The van der Waals surface area contributed by atoms with Gasteiger partial charge in [-0.25, -0.2) is 0 Å². The molecular formula is C19H18N4O4. The van der Waals surface area contributed by atoms with Crippen LogP contribution in [0.2, 0.25) is 0 Å². The number of hydrogen-bond acceptors (Lipinski definition) is 5. The van der Waals surface area contributed by atoms with Gasteiger partial charge in [-0.2, -0.15) is 0 Å². The van der Waals surface area contributed by atoms with E-state index >= 15 is 0 Å². The van der Waals surface area contributed by atoms with Crippen LogP contribution < -0.4 is 10.4 Å². The van der Waals surface area contributed by atoms with Crippen molar-refractivity contribution in [3.05, 3.63) is 76.0 Å². The number of nitrogens with one attached hydrogen (secondary N) is 1. The molecule has 0 unspecified atom stereocenters. The molecule has 0 bridgehead atoms. The van der Waals surface area contributed by atoms with Crippen LogP contribution in [0.15, 0.2) is 54.7 Å². The van der Waals surface area contributed by atoms with E-state index in [1.807, 2.05) is 24.3 Å². The first-order valence-electron chi connectivity index (χ1n) is 8.13. The maximum atomic E-state index is 12.5. The summed E-state index contributed by atoms with van der Waals surface area (Å²) < 4.78 is 8.41. The van der Waals surface area contributed by atoms with Gasteiger partial charge in [0.05, 0.1) is 24.3 Å². The average Bonchev–Trinajstić information content (AvgIpc) is 2.96. The van der Waals surface area contributed by atoms with Crippen molar-refractivity contribution >= 4 is 11.5 Å². The van der Waals surface area contributed by atoms with Gasteiger partial charge < -0.3 is 13.9 Å². The number of nitro groups is 1. The van der Waals surface area contributed by atoms with Crippen molar-refractivity contribution in [2.24, 2.45) is 7.05 Å². The van der Waals surface area contributed by atoms with Gasteiger partial charge in [0, 0.05) is 36.5 Å². The second kappa shape index (κ2) is 7.28. The highest BCUT2D eigenvalue weighted by atomic mass is 16.6. The molecule has 3 aromatic rings. The van der Waals surface area contributed by atoms with Crippen LogP contribution >= 0.6 is 0 Å². The van der Waals surface area contributed by atoms with Crippen LogP contribution in [0, 0.1) is 15.5 Å². The van der Waals surface area contributed by atoms with Crippen molar-refractivity contribution in [1.82, 2.24) is 9.13 Å². The molecular weight excluding hydrogens is 348 g/mol. The molecule has 0 saturated carbocycles. The number of nitro benzene ring substituents is 1. The molecule has 0 aliphatic heterocycles. The average molecular weight is 366 g/mol. The van der Waals surface area contributed by atoms with E-state index in [0.717, 1.165) is 11.3 Å². The molecule has 0 saturated heterocycles. The van der Waals surface area contributed by atoms with Gasteiger partial charge in [-0.15, -0.1) is 0 Å². The third kappa shape index (κ3) is 3.64. The minimum absolute atomic E-state index is 0.0855. The smallest absolute Gasteiger partial charge is 0.270 e. The van der Waals surface area contributed by atoms with Crippen LogP contribution in [0.5, 0.6) is 5.75 Å². The number of methoxy groups -OCH3 is 1. The van der Waals surface area contributed by atoms with Crippen LogP contribution in [0.1, 0.15) is 10.4 Å². The number of non-ortho nitro benzene ring substituents is 1. The topological polar surface area (TPSA) is 103 Å². The first-order valence-corrected chi connectivity index (χ1v) is 8.13. The van der Waals surface area contributed by atoms with Crippen LogP contribution in [0.4, 0.5) is 5.69 Å². The van der Waals surface area contributed by atoms with Crippen LogP contribution in [-0.4, -0.2) is 27.0 Å². The monoisotopic (exact) mass is 366 g/mol. The third-order valence-corrected chi connectivity index (χ3v) is 4.29. The normalized spacial score (nSPS) is 10.6. The lowest BCUT2D eigenvalue weighted by Crippen LogP contribution is -2.25. The number of imidazole rings is 1. The first-order chi connectivity index (χ1) is 12.9. The molecule has 3 rings (SSSR count). The van der Waals surface area contributed by atoms with Crippen molar-refractivity contribution in [2.45, 2.75) is 6.54 Å². The van der Waals surface area contributed by atoms with Crippen LogP contribution in [-0.2, 0) is 13.6 Å². The maximum Gasteiger partial charge on any atom is 0.270 e. The van der Waals surface area contributed by atoms with E-state index < -0.39 is 4.92 Å². The van der Waals surface area contributed by atoms with Crippen molar-refractivity contribution in [1.29, 1.82) is 5.41 Å². The second-order valence-electron chi connectivity index (χ2n) is 5.99. The van der Waals surface area contributed by atoms with Crippen LogP contribution in [0.3, 0.4) is 0 Å². The van der Waals surface area contributed by atoms with E-state index in [4.69, 9.17) is 10.1 Å². The van der Waals surface area contributed by atoms with Gasteiger partial charge in [-0.3, -0.25) is 20.3 Å². The van der Waals surface area contributed by atoms with Gasteiger partial charge in [0.1, 0.15) is 5.75 Å². The Bertz CT molecular complexity index is 1080. The van der Waals surface area contributed by atoms with Gasteiger partial charge in [0.25, 0.3) is 5.69 Å². The van der Waals surface area contributed by atoms with Gasteiger partial charge in [-0.1, -0.05) is 24.3 Å². The zero-order chi connectivity index (χ0) is 19.6. The van der Waals surface area contributed by atoms with Crippen LogP contribution in [0.25, 0.3) is 11.3 Å². The molecule has 0 radical (unpaired) electrons. The minimum atomic E-state index is -0.538. The molecule has 0 aliphatic carbocycles. The van der Waals surface area contributed by atoms with Gasteiger partial charge in [-0.05, 0) is 12.1 Å². The summed E-state index contributed by atoms with van der Waals surface area (Å²) in [5.74, 6) is 0.388. The van der Waals surface area contributed by atoms with E-state index in [1.54, 1.807) is 24.9 Å². The van der Waals surface area contributed by atoms with Crippen molar-refractivity contribution in [3.63, 3.8) is 0 Å². The highest BCUT2D eigenvalue weighted by Gasteiger charge is 2.15. The lowest BCUT2D eigenvalue weighted by Gasteiger charge is -2.04. The molecule has 8 nitrogen and oxygen atoms in total. The number of ether oxygens (including phenoxy) is 1. The summed E-state index contributed by atoms with van der Waals surface area (Å²) in [5, 5.41) is 19.2. The number of benzene rings is 2. The Balaban J connectivity index is 1.92. The highest BCUT2D eigenvalue weighted by Crippen LogP contribution is 2.23. The summed E-state index contributed by atoms with van der Waals surface area (Å²) in [7, 11) is 3.32. The Hall–Kier alpha value is -3.68. The summed E-state index contributed by atoms with van der Waals surface area (Å²) in [5.41, 5.74) is 1.86. The lowest BCUT2D eigenvalue weighted by atomic mass is 10.1. The van der Waals surface area contributed by atoms with E-state index in [1.165, 1.54) is 28.8 Å². The maximum absolute atomic E-state index is 12.5. The Morgan fingerprint density at radius 1 is 1.22 bits per heavy atom. The lowest BCUT2D eigenvalue weighted by molar-refractivity contribution is -0.384. The number of aromatic nitrogens is 2. The largest absolute Gasteiger partial charge is 0.497 e. The molecule has 27 heavy (non-hydrogen) atoms. The van der Waals surface area contributed by atoms with Crippen molar-refractivity contribution in [3.8, 4) is 17.0 Å². The first kappa shape index (κ1) is 18.1. The van der Waals surface area contributed by atoms with E-state index in [2.05, 4.69) is 0 Å². The molecule has 1 N–H and O–H groups in total. The van der Waals surface area contributed by atoms with Gasteiger partial charge >= 0.3 is 0 Å². The zero-order valence-corrected chi connectivity index (χ0v) is 14.9. The Morgan fingerprint density at radius 3 is 2.67 bits per heavy atom. The number of rotatable bonds is 6. The summed E-state index contributed by atoms with van der Waals surface area (Å²) in [6.07, 6.45) is 1.71. The number of ketones is 1. The van der Waals surface area contributed by atoms with E-state index in [-0.39, 0.29) is 29.2 Å². The fraction of sp³-hybridized carbons (Fsp3) is 0.158. The molecule has 1 heterocycles. The SMILES string of the molecule is COc1cccc(-c2cn(CC(=O)c3cccc([N+](=O)[O-])c3)c(=N)n2C)c1. The Labute approximate surface area is 154 Å². The van der Waals surface area contributed by atoms with E-state index in [0.29, 0.717) is 5.75 Å². The van der Waals surface area contributed by atoms with Gasteiger partial charge in [0.2, 0.25) is 5.62 Å². The third-order valence-electron chi connectivity index (χ3n) is 4.29. The standard InChI is InChI=1S/C19H18N4O4/c1-21-17(13-5-4-8-16(10-13)27-2)11-22(19(21)20)12-18(24)14-6-3-7-15(9-14)23(25)26/h3-11,20H,12H2,1-2H3. The summed E-state index contributed by atoms with van der Waals surface area (Å²) in [4.78, 5) is 22.9. The van der Waals surface area contributed by atoms with Gasteiger partial charge in [0.15, 0.2) is 5.78 Å². The summed E-state index contributed by atoms with van der Waals surface area (Å²) in [6.45, 7) is -0.0855. The number of carbonyl (C=O) groups is 1. The fourth-order valence-electron chi connectivity index (χ4n) is 2.81. The molecule has 8 heteroatoms. The number of nitrogens with zero attached hydrogens (tertiary/aromatic N) is 3. The molecule has 0 fully saturated rings. The Kier molecular flexibility index (Phi) is 4.89.